The number of nitrogens with zero attached hydrogens (tertiary/aromatic N) is 2. The van der Waals surface area contributed by atoms with E-state index in [9.17, 15) is 9.59 Å². The summed E-state index contributed by atoms with van der Waals surface area (Å²) in [5, 5.41) is 1.34. The number of amides is 2. The minimum atomic E-state index is -2.33. The molecule has 2 aromatic carbocycles. The molecule has 0 aromatic heterocycles. The first-order valence-electron chi connectivity index (χ1n) is 9.73. The third kappa shape index (κ3) is 6.73. The molecular formula is C21H27Cl3N2O3Si2. The second-order valence-corrected chi connectivity index (χ2v) is 19.8. The van der Waals surface area contributed by atoms with Crippen LogP contribution in [0.15, 0.2) is 42.5 Å². The Bertz CT molecular complexity index is 958. The fourth-order valence-corrected chi connectivity index (χ4v) is 8.33. The average Bonchev–Trinajstić information content (AvgIpc) is 2.63. The van der Waals surface area contributed by atoms with Gasteiger partial charge in [0.2, 0.25) is 0 Å². The monoisotopic (exact) mass is 516 g/mol. The van der Waals surface area contributed by atoms with Crippen LogP contribution in [0.3, 0.4) is 0 Å². The highest BCUT2D eigenvalue weighted by molar-refractivity contribution is 6.80. The second kappa shape index (κ2) is 9.96. The van der Waals surface area contributed by atoms with Gasteiger partial charge in [-0.3, -0.25) is 18.9 Å². The van der Waals surface area contributed by atoms with Gasteiger partial charge in [0, 0.05) is 15.6 Å². The standard InChI is InChI=1S/C21H27Cl3N2O3Si2/c1-30(2,3)25(20(27)14-29-19-12-11-17(23)13-18(19)24)26(31(4,5)6)21(28)15-7-9-16(22)10-8-15/h7-13H,14H2,1-6H3. The van der Waals surface area contributed by atoms with Crippen LogP contribution in [-0.4, -0.2) is 44.2 Å². The van der Waals surface area contributed by atoms with E-state index >= 15 is 0 Å². The van der Waals surface area contributed by atoms with Crippen LogP contribution in [0.25, 0.3) is 0 Å². The highest BCUT2D eigenvalue weighted by Gasteiger charge is 2.43. The fraction of sp³-hybridized carbons (Fsp3) is 0.333. The van der Waals surface area contributed by atoms with E-state index < -0.39 is 16.5 Å². The minimum Gasteiger partial charge on any atom is -0.482 e. The fourth-order valence-electron chi connectivity index (χ4n) is 2.99. The van der Waals surface area contributed by atoms with Crippen molar-refractivity contribution in [2.24, 2.45) is 0 Å². The number of hydrogen-bond acceptors (Lipinski definition) is 3. The number of ether oxygens (including phenoxy) is 1. The van der Waals surface area contributed by atoms with Crippen molar-refractivity contribution in [1.82, 2.24) is 9.35 Å². The Kier molecular flexibility index (Phi) is 8.27. The van der Waals surface area contributed by atoms with E-state index in [0.29, 0.717) is 26.4 Å². The summed E-state index contributed by atoms with van der Waals surface area (Å²) in [4.78, 5) is 26.9. The molecular weight excluding hydrogens is 491 g/mol. The lowest BCUT2D eigenvalue weighted by molar-refractivity contribution is -0.135. The predicted molar refractivity (Wildman–Crippen MR) is 133 cm³/mol. The lowest BCUT2D eigenvalue weighted by atomic mass is 10.2. The number of rotatable bonds is 6. The maximum Gasteiger partial charge on any atom is 0.270 e. The summed E-state index contributed by atoms with van der Waals surface area (Å²) in [5.74, 6) is -0.162. The summed E-state index contributed by atoms with van der Waals surface area (Å²) in [6.45, 7) is 11.9. The van der Waals surface area contributed by atoms with Crippen LogP contribution in [0.1, 0.15) is 10.4 Å². The van der Waals surface area contributed by atoms with Crippen LogP contribution in [0.4, 0.5) is 0 Å². The second-order valence-electron chi connectivity index (χ2n) is 9.03. The molecule has 0 atom stereocenters. The molecule has 31 heavy (non-hydrogen) atoms. The zero-order valence-corrected chi connectivity index (χ0v) is 22.8. The van der Waals surface area contributed by atoms with E-state index in [0.717, 1.165) is 0 Å². The number of carbonyl (C=O) groups is 2. The number of hydrazine groups is 1. The summed E-state index contributed by atoms with van der Waals surface area (Å²) in [5.41, 5.74) is 0.476. The summed E-state index contributed by atoms with van der Waals surface area (Å²) in [6, 6.07) is 11.5. The molecule has 168 valence electrons. The van der Waals surface area contributed by atoms with Gasteiger partial charge in [-0.05, 0) is 81.7 Å². The maximum absolute atomic E-state index is 13.5. The summed E-state index contributed by atoms with van der Waals surface area (Å²) in [6.07, 6.45) is 0. The zero-order valence-electron chi connectivity index (χ0n) is 18.5. The summed E-state index contributed by atoms with van der Waals surface area (Å²) in [7, 11) is -4.64. The SMILES string of the molecule is C[Si](C)(C)N(C(=O)COc1ccc(Cl)cc1Cl)N(C(=O)c1ccc(Cl)cc1)[Si](C)(C)C. The third-order valence-corrected chi connectivity index (χ3v) is 8.61. The van der Waals surface area contributed by atoms with E-state index in [-0.39, 0.29) is 18.4 Å². The molecule has 5 nitrogen and oxygen atoms in total. The lowest BCUT2D eigenvalue weighted by Crippen LogP contribution is -2.68. The lowest BCUT2D eigenvalue weighted by Gasteiger charge is -2.48. The van der Waals surface area contributed by atoms with Crippen LogP contribution >= 0.6 is 34.8 Å². The first kappa shape index (κ1) is 25.7. The van der Waals surface area contributed by atoms with Gasteiger partial charge in [-0.25, -0.2) is 0 Å². The Balaban J connectivity index is 2.38. The van der Waals surface area contributed by atoms with Crippen LogP contribution in [0.5, 0.6) is 5.75 Å². The molecule has 2 rings (SSSR count). The first-order valence-corrected chi connectivity index (χ1v) is 17.8. The molecule has 0 heterocycles. The highest BCUT2D eigenvalue weighted by Crippen LogP contribution is 2.28. The minimum absolute atomic E-state index is 0.226. The van der Waals surface area contributed by atoms with Crippen LogP contribution in [0, 0.1) is 0 Å². The van der Waals surface area contributed by atoms with Crippen LogP contribution in [-0.2, 0) is 4.79 Å². The average molecular weight is 518 g/mol. The van der Waals surface area contributed by atoms with Crippen molar-refractivity contribution in [3.8, 4) is 5.75 Å². The molecule has 2 amide bonds. The quantitative estimate of drug-likeness (QED) is 0.321. The van der Waals surface area contributed by atoms with Gasteiger partial charge in [-0.1, -0.05) is 34.8 Å². The van der Waals surface area contributed by atoms with Crippen molar-refractivity contribution in [1.29, 1.82) is 0 Å². The molecule has 2 aromatic rings. The van der Waals surface area contributed by atoms with Crippen molar-refractivity contribution < 1.29 is 14.3 Å². The maximum atomic E-state index is 13.5. The number of carbonyl (C=O) groups excluding carboxylic acids is 2. The van der Waals surface area contributed by atoms with Crippen molar-refractivity contribution in [3.63, 3.8) is 0 Å². The highest BCUT2D eigenvalue weighted by atomic mass is 35.5. The Morgan fingerprint density at radius 1 is 0.806 bits per heavy atom. The topological polar surface area (TPSA) is 49.9 Å². The normalized spacial score (nSPS) is 11.8. The van der Waals surface area contributed by atoms with E-state index in [4.69, 9.17) is 39.5 Å². The van der Waals surface area contributed by atoms with Gasteiger partial charge in [-0.2, -0.15) is 0 Å². The largest absolute Gasteiger partial charge is 0.482 e. The molecule has 0 spiro atoms. The molecule has 0 N–H and O–H groups in total. The number of halogens is 3. The van der Waals surface area contributed by atoms with E-state index in [1.165, 1.54) is 0 Å². The van der Waals surface area contributed by atoms with E-state index in [1.54, 1.807) is 51.8 Å². The van der Waals surface area contributed by atoms with E-state index in [1.807, 2.05) is 39.3 Å². The Labute approximate surface area is 201 Å². The molecule has 10 heteroatoms. The molecule has 0 aliphatic carbocycles. The van der Waals surface area contributed by atoms with Gasteiger partial charge in [0.05, 0.1) is 5.02 Å². The summed E-state index contributed by atoms with van der Waals surface area (Å²) < 4.78 is 9.00. The van der Waals surface area contributed by atoms with Crippen molar-refractivity contribution in [3.05, 3.63) is 63.1 Å². The van der Waals surface area contributed by atoms with Crippen LogP contribution in [0.2, 0.25) is 54.3 Å². The molecule has 0 saturated heterocycles. The molecule has 0 radical (unpaired) electrons. The smallest absolute Gasteiger partial charge is 0.270 e. The molecule has 0 aliphatic rings. The molecule has 0 fully saturated rings. The Morgan fingerprint density at radius 3 is 1.81 bits per heavy atom. The van der Waals surface area contributed by atoms with Crippen molar-refractivity contribution >= 4 is 63.1 Å². The van der Waals surface area contributed by atoms with Gasteiger partial charge >= 0.3 is 0 Å². The predicted octanol–water partition coefficient (Wildman–Crippen LogP) is 6.58. The number of hydrogen-bond donors (Lipinski definition) is 0. The third-order valence-electron chi connectivity index (χ3n) is 4.24. The Morgan fingerprint density at radius 2 is 1.32 bits per heavy atom. The van der Waals surface area contributed by atoms with Gasteiger partial charge in [0.1, 0.15) is 5.75 Å². The van der Waals surface area contributed by atoms with Crippen molar-refractivity contribution in [2.75, 3.05) is 6.61 Å². The van der Waals surface area contributed by atoms with Gasteiger partial charge in [0.25, 0.3) is 11.8 Å². The first-order chi connectivity index (χ1) is 14.2. The molecule has 0 aliphatic heterocycles. The molecule has 0 saturated carbocycles. The Hall–Kier alpha value is -1.52. The van der Waals surface area contributed by atoms with Gasteiger partial charge in [-0.15, -0.1) is 0 Å². The zero-order chi connectivity index (χ0) is 23.6. The summed E-state index contributed by atoms with van der Waals surface area (Å²) >= 11 is 18.1. The van der Waals surface area contributed by atoms with Gasteiger partial charge in [0.15, 0.2) is 23.1 Å². The van der Waals surface area contributed by atoms with Gasteiger partial charge < -0.3 is 4.74 Å². The van der Waals surface area contributed by atoms with E-state index in [2.05, 4.69) is 0 Å². The molecule has 0 bridgehead atoms. The number of benzene rings is 2. The van der Waals surface area contributed by atoms with Crippen LogP contribution < -0.4 is 4.74 Å². The van der Waals surface area contributed by atoms with Crippen molar-refractivity contribution in [2.45, 2.75) is 39.3 Å². The molecule has 0 unspecified atom stereocenters.